The van der Waals surface area contributed by atoms with Crippen LogP contribution in [0.5, 0.6) is 0 Å². The van der Waals surface area contributed by atoms with Gasteiger partial charge in [0.1, 0.15) is 0 Å². The first-order chi connectivity index (χ1) is 5.77. The lowest BCUT2D eigenvalue weighted by molar-refractivity contribution is 0.757. The average molecular weight is 178 g/mol. The fraction of sp³-hybridized carbons (Fsp3) is 0.545. The average Bonchev–Trinajstić information content (AvgIpc) is 2.49. The molecule has 2 heterocycles. The van der Waals surface area contributed by atoms with E-state index in [9.17, 15) is 0 Å². The molecule has 1 aromatic rings. The van der Waals surface area contributed by atoms with E-state index in [1.807, 2.05) is 6.20 Å². The molecule has 0 amide bonds. The van der Waals surface area contributed by atoms with Gasteiger partial charge in [0.2, 0.25) is 0 Å². The molecule has 0 saturated carbocycles. The van der Waals surface area contributed by atoms with Gasteiger partial charge < -0.3 is 5.32 Å². The van der Waals surface area contributed by atoms with Crippen LogP contribution in [0.4, 0.5) is 0 Å². The number of fused-ring (bicyclic) bond motifs is 1. The smallest absolute Gasteiger partial charge is 0.0586 e. The summed E-state index contributed by atoms with van der Waals surface area (Å²) in [6, 6.07) is 2.27. The molecule has 72 valence electrons. The summed E-state index contributed by atoms with van der Waals surface area (Å²) in [5.74, 6) is 0.586. The Hall–Kier alpha value is -0.890. The minimum Gasteiger partial charge on any atom is -0.307 e. The Kier molecular flexibility index (Phi) is 3.04. The van der Waals surface area contributed by atoms with E-state index >= 15 is 0 Å². The highest BCUT2D eigenvalue weighted by molar-refractivity contribution is 5.29. The molecule has 0 aliphatic carbocycles. The van der Waals surface area contributed by atoms with E-state index in [4.69, 9.17) is 0 Å². The van der Waals surface area contributed by atoms with Crippen LogP contribution in [0, 0.1) is 0 Å². The number of aromatic nitrogens is 1. The number of rotatable bonds is 1. The van der Waals surface area contributed by atoms with E-state index in [0.717, 1.165) is 13.1 Å². The zero-order chi connectivity index (χ0) is 8.55. The molecule has 0 aromatic carbocycles. The van der Waals surface area contributed by atoms with Crippen molar-refractivity contribution < 1.29 is 0 Å². The first-order valence-electron chi connectivity index (χ1n) is 4.46. The van der Waals surface area contributed by atoms with Crippen LogP contribution in [0.15, 0.2) is 12.3 Å². The predicted molar refractivity (Wildman–Crippen MR) is 55.6 cm³/mol. The summed E-state index contributed by atoms with van der Waals surface area (Å²) in [6.45, 7) is 6.33. The summed E-state index contributed by atoms with van der Waals surface area (Å²) in [7, 11) is 0. The second kappa shape index (κ2) is 3.88. The highest BCUT2D eigenvalue weighted by Gasteiger charge is 2.12. The largest absolute Gasteiger partial charge is 0.307 e. The predicted octanol–water partition coefficient (Wildman–Crippen LogP) is 2.44. The molecule has 0 bridgehead atoms. The molecule has 0 spiro atoms. The highest BCUT2D eigenvalue weighted by atomic mass is 14.9. The Labute approximate surface area is 80.4 Å². The van der Waals surface area contributed by atoms with E-state index in [1.54, 1.807) is 0 Å². The number of nitrogens with zero attached hydrogens (tertiary/aromatic N) is 1. The Morgan fingerprint density at radius 1 is 1.38 bits per heavy atom. The first-order valence-corrected chi connectivity index (χ1v) is 4.46. The van der Waals surface area contributed by atoms with Gasteiger partial charge in [0, 0.05) is 19.3 Å². The Morgan fingerprint density at radius 2 is 2.15 bits per heavy atom. The molecule has 1 N–H and O–H groups in total. The van der Waals surface area contributed by atoms with Gasteiger partial charge in [-0.2, -0.15) is 0 Å². The van der Waals surface area contributed by atoms with Crippen molar-refractivity contribution >= 4 is 0 Å². The Balaban J connectivity index is 0.000000845. The third-order valence-corrected chi connectivity index (χ3v) is 2.36. The zero-order valence-electron chi connectivity index (χ0n) is 7.59. The summed E-state index contributed by atoms with van der Waals surface area (Å²) in [6.07, 6.45) is 2.00. The van der Waals surface area contributed by atoms with Crippen LogP contribution < -0.4 is 5.32 Å². The molecule has 0 atom stereocenters. The Bertz CT molecular complexity index is 292. The van der Waals surface area contributed by atoms with Crippen molar-refractivity contribution in [3.05, 3.63) is 29.1 Å². The third kappa shape index (κ3) is 1.89. The van der Waals surface area contributed by atoms with Crippen molar-refractivity contribution in [1.29, 1.82) is 0 Å². The number of hydrogen-bond acceptors (Lipinski definition) is 2. The summed E-state index contributed by atoms with van der Waals surface area (Å²) in [5.41, 5.74) is 3.94. The molecule has 1 aromatic heterocycles. The highest BCUT2D eigenvalue weighted by Crippen LogP contribution is 2.19. The monoisotopic (exact) mass is 178 g/mol. The second-order valence-electron chi connectivity index (χ2n) is 3.63. The minimum atomic E-state index is 0. The van der Waals surface area contributed by atoms with Gasteiger partial charge in [-0.05, 0) is 17.0 Å². The molecular formula is C11H18N2. The maximum absolute atomic E-state index is 4.42. The molecule has 2 nitrogen and oxygen atoms in total. The Morgan fingerprint density at radius 3 is 2.85 bits per heavy atom. The second-order valence-corrected chi connectivity index (χ2v) is 3.63. The lowest BCUT2D eigenvalue weighted by Gasteiger charge is -2.05. The van der Waals surface area contributed by atoms with Crippen LogP contribution in [0.3, 0.4) is 0 Å². The van der Waals surface area contributed by atoms with E-state index in [0.29, 0.717) is 5.92 Å². The van der Waals surface area contributed by atoms with Gasteiger partial charge in [-0.1, -0.05) is 27.3 Å². The normalized spacial score (nSPS) is 14.1. The van der Waals surface area contributed by atoms with Gasteiger partial charge in [-0.3, -0.25) is 4.98 Å². The van der Waals surface area contributed by atoms with Gasteiger partial charge in [-0.25, -0.2) is 0 Å². The molecule has 0 saturated heterocycles. The number of nitrogens with one attached hydrogen (secondary N) is 1. The summed E-state index contributed by atoms with van der Waals surface area (Å²) in [5, 5.41) is 3.29. The van der Waals surface area contributed by atoms with Gasteiger partial charge >= 0.3 is 0 Å². The van der Waals surface area contributed by atoms with E-state index < -0.39 is 0 Å². The lowest BCUT2D eigenvalue weighted by atomic mass is 10.0. The van der Waals surface area contributed by atoms with E-state index in [-0.39, 0.29) is 7.43 Å². The minimum absolute atomic E-state index is 0. The van der Waals surface area contributed by atoms with Gasteiger partial charge in [0.25, 0.3) is 0 Å². The van der Waals surface area contributed by atoms with E-state index in [2.05, 4.69) is 30.2 Å². The van der Waals surface area contributed by atoms with Crippen LogP contribution in [-0.4, -0.2) is 4.98 Å². The molecule has 1 aliphatic heterocycles. The van der Waals surface area contributed by atoms with E-state index in [1.165, 1.54) is 16.8 Å². The van der Waals surface area contributed by atoms with Gasteiger partial charge in [0.05, 0.1) is 5.69 Å². The zero-order valence-corrected chi connectivity index (χ0v) is 7.59. The maximum Gasteiger partial charge on any atom is 0.0586 e. The van der Waals surface area contributed by atoms with Crippen LogP contribution in [0.2, 0.25) is 0 Å². The molecular weight excluding hydrogens is 160 g/mol. The van der Waals surface area contributed by atoms with Crippen LogP contribution in [0.25, 0.3) is 0 Å². The van der Waals surface area contributed by atoms with Crippen molar-refractivity contribution in [1.82, 2.24) is 10.3 Å². The molecule has 0 radical (unpaired) electrons. The van der Waals surface area contributed by atoms with Crippen molar-refractivity contribution in [2.75, 3.05) is 0 Å². The van der Waals surface area contributed by atoms with Crippen molar-refractivity contribution in [2.45, 2.75) is 40.3 Å². The number of hydrogen-bond donors (Lipinski definition) is 1. The third-order valence-electron chi connectivity index (χ3n) is 2.36. The van der Waals surface area contributed by atoms with Crippen LogP contribution in [-0.2, 0) is 13.1 Å². The standard InChI is InChI=1S/C10H14N2.CH4/c1-7(2)8-3-9-4-11-6-10(9)12-5-8;/h3,5,7,11H,4,6H2,1-2H3;1H4. The molecule has 13 heavy (non-hydrogen) atoms. The van der Waals surface area contributed by atoms with Gasteiger partial charge in [0.15, 0.2) is 0 Å². The topological polar surface area (TPSA) is 24.9 Å². The van der Waals surface area contributed by atoms with Crippen molar-refractivity contribution in [2.24, 2.45) is 0 Å². The van der Waals surface area contributed by atoms with Crippen LogP contribution in [0.1, 0.15) is 44.0 Å². The summed E-state index contributed by atoms with van der Waals surface area (Å²) < 4.78 is 0. The fourth-order valence-corrected chi connectivity index (χ4v) is 1.50. The lowest BCUT2D eigenvalue weighted by Crippen LogP contribution is -2.00. The summed E-state index contributed by atoms with van der Waals surface area (Å²) in [4.78, 5) is 4.42. The quantitative estimate of drug-likeness (QED) is 0.714. The molecule has 2 heteroatoms. The molecule has 0 unspecified atom stereocenters. The fourth-order valence-electron chi connectivity index (χ4n) is 1.50. The molecule has 0 fully saturated rings. The number of pyridine rings is 1. The maximum atomic E-state index is 4.42. The molecule has 1 aliphatic rings. The van der Waals surface area contributed by atoms with Gasteiger partial charge in [-0.15, -0.1) is 0 Å². The van der Waals surface area contributed by atoms with Crippen molar-refractivity contribution in [3.8, 4) is 0 Å². The SMILES string of the molecule is C.CC(C)c1cnc2c(c1)CNC2. The van der Waals surface area contributed by atoms with Crippen molar-refractivity contribution in [3.63, 3.8) is 0 Å². The summed E-state index contributed by atoms with van der Waals surface area (Å²) >= 11 is 0. The first kappa shape index (κ1) is 10.2. The van der Waals surface area contributed by atoms with Crippen LogP contribution >= 0.6 is 0 Å². The molecule has 2 rings (SSSR count).